The second-order valence-electron chi connectivity index (χ2n) is 11.2. The minimum absolute atomic E-state index is 0. The normalized spacial score (nSPS) is 10.8. The maximum absolute atomic E-state index is 4.93. The van der Waals surface area contributed by atoms with Gasteiger partial charge in [0.05, 0.1) is 0 Å². The predicted octanol–water partition coefficient (Wildman–Crippen LogP) is 10.1. The van der Waals surface area contributed by atoms with E-state index in [9.17, 15) is 0 Å². The van der Waals surface area contributed by atoms with Crippen molar-refractivity contribution in [3.63, 3.8) is 0 Å². The number of unbranched alkanes of at least 4 members (excludes halogenated alkanes) is 2. The van der Waals surface area contributed by atoms with Crippen molar-refractivity contribution in [3.8, 4) is 56.5 Å². The molecule has 0 unspecified atom stereocenters. The van der Waals surface area contributed by atoms with Gasteiger partial charge in [-0.1, -0.05) is 129 Å². The molecule has 1 radical (unpaired) electrons. The van der Waals surface area contributed by atoms with Gasteiger partial charge in [0.2, 0.25) is 0 Å². The number of pyridine rings is 1. The molecule has 2 aromatic heterocycles. The Morgan fingerprint density at radius 2 is 1.02 bits per heavy atom. The van der Waals surface area contributed by atoms with Gasteiger partial charge in [-0.2, -0.15) is 0 Å². The number of nitrogens with zero attached hydrogens (tertiary/aromatic N) is 4. The molecule has 0 amide bonds. The minimum Gasteiger partial charge on any atom is -0.304 e. The Morgan fingerprint density at radius 3 is 1.49 bits per heavy atom. The van der Waals surface area contributed by atoms with Crippen molar-refractivity contribution in [1.29, 1.82) is 0 Å². The van der Waals surface area contributed by atoms with Gasteiger partial charge in [0.1, 0.15) is 0 Å². The van der Waals surface area contributed by atoms with Gasteiger partial charge in [0, 0.05) is 43.0 Å². The number of aryl methyl sites for hydroxylation is 2. The van der Waals surface area contributed by atoms with E-state index < -0.39 is 0 Å². The Kier molecular flexibility index (Phi) is 11.1. The summed E-state index contributed by atoms with van der Waals surface area (Å²) in [5.74, 6) is 1.93. The van der Waals surface area contributed by atoms with Crippen molar-refractivity contribution < 1.29 is 20.1 Å². The third-order valence-electron chi connectivity index (χ3n) is 7.92. The molecular weight excluding hydrogens is 729 g/mol. The zero-order valence-corrected chi connectivity index (χ0v) is 28.2. The van der Waals surface area contributed by atoms with Crippen molar-refractivity contribution in [2.75, 3.05) is 0 Å². The van der Waals surface area contributed by atoms with Crippen molar-refractivity contribution in [2.45, 2.75) is 52.4 Å². The maximum atomic E-state index is 4.93. The fourth-order valence-corrected chi connectivity index (χ4v) is 5.25. The molecule has 0 aliphatic carbocycles. The van der Waals surface area contributed by atoms with E-state index >= 15 is 0 Å². The Balaban J connectivity index is 0.00000400. The number of aromatic nitrogens is 4. The summed E-state index contributed by atoms with van der Waals surface area (Å²) in [6.07, 6.45) is 8.75. The van der Waals surface area contributed by atoms with Crippen LogP contribution in [0.4, 0.5) is 0 Å². The fraction of sp³-hybridized carbons (Fsp3) is 0.200. The summed E-state index contributed by atoms with van der Waals surface area (Å²) in [5, 5.41) is 0. The predicted molar refractivity (Wildman–Crippen MR) is 181 cm³/mol. The Bertz CT molecular complexity index is 1710. The topological polar surface area (TPSA) is 51.6 Å². The number of rotatable bonds is 11. The standard InChI is InChI=1S/C40H37N4.Ir/c1-3-5-10-29-14-18-34(19-15-29)38-42-39(35-20-16-30(17-21-35)11-6-4-2)44-40(43-38)36-26-27-37(41-28-36)33-24-22-32(23-25-33)31-12-8-7-9-13-31;/h7-9,12-24,26-28H,3-6,10-11H2,1-2H3;/q-1;. The SMILES string of the molecule is CCCCc1ccc(-c2nc(-c3ccc(CCCC)cc3)nc(-c3ccc(-c4[c-]cc(-c5ccccc5)cc4)nc3)n2)cc1.[Ir]. The first-order valence-corrected chi connectivity index (χ1v) is 15.7. The average molecular weight is 766 g/mol. The molecular formula is C40H37IrN4-. The molecule has 0 spiro atoms. The van der Waals surface area contributed by atoms with Crippen molar-refractivity contribution in [3.05, 3.63) is 133 Å². The smallest absolute Gasteiger partial charge is 0.165 e. The quantitative estimate of drug-likeness (QED) is 0.123. The van der Waals surface area contributed by atoms with Crippen LogP contribution in [0.1, 0.15) is 50.7 Å². The summed E-state index contributed by atoms with van der Waals surface area (Å²) in [6.45, 7) is 4.44. The molecule has 4 nitrogen and oxygen atoms in total. The molecule has 4 aromatic carbocycles. The van der Waals surface area contributed by atoms with Crippen LogP contribution in [0.25, 0.3) is 56.5 Å². The van der Waals surface area contributed by atoms with Crippen LogP contribution in [0.2, 0.25) is 0 Å². The van der Waals surface area contributed by atoms with Gasteiger partial charge < -0.3 is 4.98 Å². The second kappa shape index (κ2) is 15.6. The van der Waals surface area contributed by atoms with Crippen LogP contribution in [-0.4, -0.2) is 19.9 Å². The summed E-state index contributed by atoms with van der Waals surface area (Å²) >= 11 is 0. The van der Waals surface area contributed by atoms with Gasteiger partial charge in [-0.05, 0) is 42.5 Å². The van der Waals surface area contributed by atoms with E-state index in [0.717, 1.165) is 46.4 Å². The average Bonchev–Trinajstić information content (AvgIpc) is 3.10. The van der Waals surface area contributed by atoms with Crippen molar-refractivity contribution >= 4 is 0 Å². The van der Waals surface area contributed by atoms with Gasteiger partial charge in [-0.15, -0.1) is 29.8 Å². The molecule has 0 saturated carbocycles. The summed E-state index contributed by atoms with van der Waals surface area (Å²) in [4.78, 5) is 19.6. The van der Waals surface area contributed by atoms with Gasteiger partial charge in [0.25, 0.3) is 0 Å². The van der Waals surface area contributed by atoms with Crippen molar-refractivity contribution in [2.24, 2.45) is 0 Å². The second-order valence-corrected chi connectivity index (χ2v) is 11.2. The zero-order chi connectivity index (χ0) is 30.1. The minimum atomic E-state index is 0. The third-order valence-corrected chi connectivity index (χ3v) is 7.92. The van der Waals surface area contributed by atoms with E-state index in [4.69, 9.17) is 19.9 Å². The van der Waals surface area contributed by atoms with Crippen LogP contribution in [0, 0.1) is 6.07 Å². The molecule has 227 valence electrons. The van der Waals surface area contributed by atoms with Crippen LogP contribution in [-0.2, 0) is 32.9 Å². The van der Waals surface area contributed by atoms with E-state index in [-0.39, 0.29) is 20.1 Å². The molecule has 0 bridgehead atoms. The van der Waals surface area contributed by atoms with E-state index in [1.807, 2.05) is 42.6 Å². The van der Waals surface area contributed by atoms with Crippen LogP contribution in [0.3, 0.4) is 0 Å². The largest absolute Gasteiger partial charge is 0.304 e. The van der Waals surface area contributed by atoms with Crippen LogP contribution < -0.4 is 0 Å². The van der Waals surface area contributed by atoms with Crippen molar-refractivity contribution in [1.82, 2.24) is 19.9 Å². The van der Waals surface area contributed by atoms with E-state index in [1.54, 1.807) is 0 Å². The third kappa shape index (κ3) is 8.05. The van der Waals surface area contributed by atoms with Gasteiger partial charge in [-0.3, -0.25) is 0 Å². The molecule has 0 aliphatic heterocycles. The Labute approximate surface area is 280 Å². The number of hydrogen-bond donors (Lipinski definition) is 0. The van der Waals surface area contributed by atoms with E-state index in [2.05, 4.69) is 92.7 Å². The molecule has 45 heavy (non-hydrogen) atoms. The molecule has 0 saturated heterocycles. The van der Waals surface area contributed by atoms with Gasteiger partial charge >= 0.3 is 0 Å². The molecule has 6 aromatic rings. The first kappa shape index (κ1) is 32.1. The molecule has 0 fully saturated rings. The molecule has 2 heterocycles. The van der Waals surface area contributed by atoms with E-state index in [1.165, 1.54) is 42.4 Å². The number of benzene rings is 4. The summed E-state index contributed by atoms with van der Waals surface area (Å²) in [7, 11) is 0. The molecule has 5 heteroatoms. The summed E-state index contributed by atoms with van der Waals surface area (Å²) in [5.41, 5.74) is 9.58. The molecule has 6 rings (SSSR count). The van der Waals surface area contributed by atoms with Crippen LogP contribution in [0.15, 0.2) is 115 Å². The Hall–Kier alpha value is -4.31. The molecule has 0 aliphatic rings. The summed E-state index contributed by atoms with van der Waals surface area (Å²) < 4.78 is 0. The fourth-order valence-electron chi connectivity index (χ4n) is 5.25. The number of hydrogen-bond acceptors (Lipinski definition) is 4. The summed E-state index contributed by atoms with van der Waals surface area (Å²) in [6, 6.07) is 41.2. The Morgan fingerprint density at radius 1 is 0.511 bits per heavy atom. The van der Waals surface area contributed by atoms with Crippen LogP contribution >= 0.6 is 0 Å². The molecule has 0 atom stereocenters. The first-order valence-electron chi connectivity index (χ1n) is 15.7. The molecule has 0 N–H and O–H groups in total. The maximum Gasteiger partial charge on any atom is 0.165 e. The van der Waals surface area contributed by atoms with Crippen LogP contribution in [0.5, 0.6) is 0 Å². The van der Waals surface area contributed by atoms with Gasteiger partial charge in [0.15, 0.2) is 17.5 Å². The van der Waals surface area contributed by atoms with Gasteiger partial charge in [-0.25, -0.2) is 15.0 Å². The monoisotopic (exact) mass is 766 g/mol. The first-order chi connectivity index (χ1) is 21.7. The van der Waals surface area contributed by atoms with E-state index in [0.29, 0.717) is 17.5 Å². The zero-order valence-electron chi connectivity index (χ0n) is 25.8.